The molecule has 11 nitrogen and oxygen atoms in total. The fraction of sp³-hybridized carbons (Fsp3) is 0.378. The van der Waals surface area contributed by atoms with Crippen LogP contribution in [0.3, 0.4) is 0 Å². The number of nitrogens with one attached hydrogen (secondary N) is 1. The Hall–Kier alpha value is -5.05. The highest BCUT2D eigenvalue weighted by Crippen LogP contribution is 2.54. The van der Waals surface area contributed by atoms with Crippen molar-refractivity contribution in [2.75, 3.05) is 27.5 Å². The van der Waals surface area contributed by atoms with Gasteiger partial charge < -0.3 is 29.4 Å². The Balaban J connectivity index is 1.51. The third-order valence-electron chi connectivity index (χ3n) is 9.70. The topological polar surface area (TPSA) is 134 Å². The zero-order valence-corrected chi connectivity index (χ0v) is 27.7. The van der Waals surface area contributed by atoms with E-state index in [0.29, 0.717) is 41.3 Å². The number of phenols is 1. The number of aryl methyl sites for hydroxylation is 1. The van der Waals surface area contributed by atoms with E-state index in [9.17, 15) is 20.0 Å². The summed E-state index contributed by atoms with van der Waals surface area (Å²) in [5.41, 5.74) is 4.77. The van der Waals surface area contributed by atoms with Crippen LogP contribution in [0.25, 0.3) is 6.08 Å². The molecule has 1 unspecified atom stereocenters. The second-order valence-electron chi connectivity index (χ2n) is 12.4. The highest BCUT2D eigenvalue weighted by atomic mass is 16.7. The number of fused-ring (bicyclic) bond motifs is 6. The van der Waals surface area contributed by atoms with Crippen molar-refractivity contribution >= 4 is 18.0 Å². The van der Waals surface area contributed by atoms with Gasteiger partial charge in [-0.1, -0.05) is 36.4 Å². The van der Waals surface area contributed by atoms with Crippen molar-refractivity contribution in [1.29, 1.82) is 5.26 Å². The minimum Gasteiger partial charge on any atom is -0.504 e. The monoisotopic (exact) mass is 652 g/mol. The van der Waals surface area contributed by atoms with Gasteiger partial charge in [0.25, 0.3) is 0 Å². The third kappa shape index (κ3) is 5.82. The smallest absolute Gasteiger partial charge is 0.308 e. The van der Waals surface area contributed by atoms with E-state index >= 15 is 0 Å². The van der Waals surface area contributed by atoms with E-state index in [-0.39, 0.29) is 43.1 Å². The predicted molar refractivity (Wildman–Crippen MR) is 177 cm³/mol. The summed E-state index contributed by atoms with van der Waals surface area (Å²) in [5, 5.41) is 25.6. The SMILES string of the molecule is C/C=C(\OC(C)=O)C1=C(C2=COCO2)[C@H](CNC(=O)/C=C/c2ccccc2)N2C(C1)[C@H]1c3c(cc(C)c(OC)c3O)C[C@H]([C@@H]2C#N)N1C. The number of amides is 1. The first kappa shape index (κ1) is 32.9. The predicted octanol–water partition coefficient (Wildman–Crippen LogP) is 4.39. The summed E-state index contributed by atoms with van der Waals surface area (Å²) in [6, 6.07) is 12.0. The summed E-state index contributed by atoms with van der Waals surface area (Å²) in [4.78, 5) is 29.9. The number of benzene rings is 2. The van der Waals surface area contributed by atoms with E-state index in [1.165, 1.54) is 26.4 Å². The number of nitrogens with zero attached hydrogens (tertiary/aromatic N) is 3. The van der Waals surface area contributed by atoms with Crippen LogP contribution in [-0.2, 0) is 30.2 Å². The van der Waals surface area contributed by atoms with Gasteiger partial charge in [0.1, 0.15) is 18.1 Å². The maximum absolute atomic E-state index is 13.3. The number of carbonyl (C=O) groups is 2. The molecule has 2 bridgehead atoms. The fourth-order valence-electron chi connectivity index (χ4n) is 7.81. The Kier molecular flexibility index (Phi) is 9.31. The molecule has 2 aromatic rings. The molecule has 48 heavy (non-hydrogen) atoms. The molecule has 1 amide bonds. The lowest BCUT2D eigenvalue weighted by Crippen LogP contribution is -2.70. The van der Waals surface area contributed by atoms with Crippen molar-refractivity contribution in [2.24, 2.45) is 0 Å². The Morgan fingerprint density at radius 3 is 2.62 bits per heavy atom. The normalized spacial score (nSPS) is 25.3. The number of carbonyl (C=O) groups excluding carboxylic acids is 2. The molecule has 6 rings (SSSR count). The molecule has 1 saturated heterocycles. The molecule has 0 saturated carbocycles. The minimum atomic E-state index is -0.599. The minimum absolute atomic E-state index is 0.00321. The number of esters is 1. The molecule has 0 aromatic heterocycles. The molecule has 250 valence electrons. The third-order valence-corrected chi connectivity index (χ3v) is 9.70. The van der Waals surface area contributed by atoms with Gasteiger partial charge >= 0.3 is 5.97 Å². The van der Waals surface area contributed by atoms with Crippen molar-refractivity contribution in [1.82, 2.24) is 15.1 Å². The second kappa shape index (κ2) is 13.6. The standard InChI is InChI=1S/C37H40N4O7/c1-6-30(48-22(3)42)25-16-27-35-33-24(14-21(2)37(45-5)36(33)44)15-26(40(35)4)28(17-38)41(27)29(34(25)31-19-46-20-47-31)18-39-32(43)13-12-23-10-8-7-9-11-23/h6-14,19,26-29,35,44H,15-16,18,20H2,1-5H3,(H,39,43)/b13-12+,30-6-/t26-,27?,28+,29+,35+/m1/s1. The first-order valence-electron chi connectivity index (χ1n) is 16.0. The van der Waals surface area contributed by atoms with Gasteiger partial charge in [0.2, 0.25) is 12.7 Å². The summed E-state index contributed by atoms with van der Waals surface area (Å²) >= 11 is 0. The molecule has 1 fully saturated rings. The van der Waals surface area contributed by atoms with Crippen LogP contribution in [0, 0.1) is 18.3 Å². The summed E-state index contributed by atoms with van der Waals surface area (Å²) in [5.74, 6) is 0.488. The molecule has 0 aliphatic carbocycles. The van der Waals surface area contributed by atoms with Crippen LogP contribution in [0.2, 0.25) is 0 Å². The summed E-state index contributed by atoms with van der Waals surface area (Å²) in [7, 11) is 3.52. The molecule has 0 spiro atoms. The molecule has 2 aromatic carbocycles. The van der Waals surface area contributed by atoms with E-state index in [0.717, 1.165) is 22.3 Å². The number of aromatic hydroxyl groups is 1. The molecule has 4 aliphatic heterocycles. The van der Waals surface area contributed by atoms with E-state index in [1.807, 2.05) is 50.4 Å². The van der Waals surface area contributed by atoms with E-state index < -0.39 is 18.1 Å². The number of ether oxygens (including phenoxy) is 4. The van der Waals surface area contributed by atoms with Crippen molar-refractivity contribution in [3.63, 3.8) is 0 Å². The number of nitriles is 1. The molecule has 5 atom stereocenters. The Morgan fingerprint density at radius 1 is 1.21 bits per heavy atom. The van der Waals surface area contributed by atoms with Crippen LogP contribution in [0.15, 0.2) is 77.5 Å². The van der Waals surface area contributed by atoms with Gasteiger partial charge in [-0.2, -0.15) is 5.26 Å². The maximum atomic E-state index is 13.3. The van der Waals surface area contributed by atoms with Crippen molar-refractivity contribution in [2.45, 2.75) is 63.8 Å². The van der Waals surface area contributed by atoms with E-state index in [1.54, 1.807) is 19.1 Å². The first-order valence-corrected chi connectivity index (χ1v) is 16.0. The molecule has 0 radical (unpaired) electrons. The van der Waals surface area contributed by atoms with Crippen LogP contribution in [0.5, 0.6) is 11.5 Å². The van der Waals surface area contributed by atoms with Crippen LogP contribution in [-0.4, -0.2) is 78.4 Å². The zero-order chi connectivity index (χ0) is 34.1. The number of methoxy groups -OCH3 is 1. The van der Waals surface area contributed by atoms with Gasteiger partial charge in [0, 0.05) is 48.3 Å². The number of hydrogen-bond donors (Lipinski definition) is 2. The van der Waals surface area contributed by atoms with E-state index in [2.05, 4.69) is 21.2 Å². The van der Waals surface area contributed by atoms with Gasteiger partial charge in [-0.15, -0.1) is 0 Å². The Morgan fingerprint density at radius 2 is 1.98 bits per heavy atom. The lowest BCUT2D eigenvalue weighted by Gasteiger charge is -2.60. The molecular formula is C37H40N4O7. The van der Waals surface area contributed by atoms with Crippen LogP contribution < -0.4 is 10.1 Å². The average molecular weight is 653 g/mol. The van der Waals surface area contributed by atoms with Crippen LogP contribution >= 0.6 is 0 Å². The van der Waals surface area contributed by atoms with Gasteiger partial charge in [0.15, 0.2) is 17.3 Å². The highest BCUT2D eigenvalue weighted by Gasteiger charge is 2.56. The van der Waals surface area contributed by atoms with Crippen molar-refractivity contribution in [3.8, 4) is 17.6 Å². The number of rotatable bonds is 8. The Bertz CT molecular complexity index is 1770. The van der Waals surface area contributed by atoms with Crippen LogP contribution in [0.1, 0.15) is 48.6 Å². The average Bonchev–Trinajstić information content (AvgIpc) is 3.61. The number of hydrogen-bond acceptors (Lipinski definition) is 10. The summed E-state index contributed by atoms with van der Waals surface area (Å²) in [6.45, 7) is 5.15. The maximum Gasteiger partial charge on any atom is 0.308 e. The summed E-state index contributed by atoms with van der Waals surface area (Å²) < 4.78 is 22.9. The van der Waals surface area contributed by atoms with Crippen molar-refractivity contribution < 1.29 is 33.6 Å². The van der Waals surface area contributed by atoms with Crippen LogP contribution in [0.4, 0.5) is 0 Å². The lowest BCUT2D eigenvalue weighted by atomic mass is 9.71. The highest BCUT2D eigenvalue weighted by molar-refractivity contribution is 5.91. The number of piperazine rings is 1. The number of likely N-dealkylation sites (N-methyl/N-ethyl adjacent to an activating group) is 1. The Labute approximate surface area is 280 Å². The number of allylic oxidation sites excluding steroid dienone is 2. The van der Waals surface area contributed by atoms with Gasteiger partial charge in [-0.3, -0.25) is 19.4 Å². The van der Waals surface area contributed by atoms with Gasteiger partial charge in [-0.05, 0) is 62.6 Å². The van der Waals surface area contributed by atoms with Gasteiger partial charge in [-0.25, -0.2) is 0 Å². The van der Waals surface area contributed by atoms with E-state index in [4.69, 9.17) is 18.9 Å². The fourth-order valence-corrected chi connectivity index (χ4v) is 7.81. The molecule has 2 N–H and O–H groups in total. The largest absolute Gasteiger partial charge is 0.504 e. The second-order valence-corrected chi connectivity index (χ2v) is 12.4. The van der Waals surface area contributed by atoms with Crippen molar-refractivity contribution in [3.05, 3.63) is 99.7 Å². The lowest BCUT2D eigenvalue weighted by molar-refractivity contribution is -0.136. The molecule has 4 aliphatic rings. The zero-order valence-electron chi connectivity index (χ0n) is 27.7. The molecule has 4 heterocycles. The number of phenolic OH excluding ortho intramolecular Hbond substituents is 1. The first-order chi connectivity index (χ1) is 23.2. The molecular weight excluding hydrogens is 612 g/mol. The van der Waals surface area contributed by atoms with Gasteiger partial charge in [0.05, 0.1) is 25.3 Å². The molecule has 11 heteroatoms. The quantitative estimate of drug-likeness (QED) is 0.240. The summed E-state index contributed by atoms with van der Waals surface area (Å²) in [6.07, 6.45) is 7.35.